The van der Waals surface area contributed by atoms with Gasteiger partial charge in [-0.2, -0.15) is 0 Å². The van der Waals surface area contributed by atoms with Crippen LogP contribution >= 0.6 is 0 Å². The van der Waals surface area contributed by atoms with E-state index in [0.29, 0.717) is 11.5 Å². The quantitative estimate of drug-likeness (QED) is 0.694. The lowest BCUT2D eigenvalue weighted by Crippen LogP contribution is -2.21. The van der Waals surface area contributed by atoms with Crippen LogP contribution in [0.1, 0.15) is 32.4 Å². The molecule has 8 heteroatoms. The number of nitrogens with zero attached hydrogens (tertiary/aromatic N) is 6. The molecule has 3 heterocycles. The van der Waals surface area contributed by atoms with E-state index in [2.05, 4.69) is 20.3 Å². The zero-order chi connectivity index (χ0) is 15.2. The van der Waals surface area contributed by atoms with E-state index in [1.54, 1.807) is 13.2 Å². The van der Waals surface area contributed by atoms with Crippen LogP contribution in [0.5, 0.6) is 0 Å². The molecular weight excluding hydrogens is 272 g/mol. The van der Waals surface area contributed by atoms with Gasteiger partial charge in [-0.1, -0.05) is 26.0 Å². The summed E-state index contributed by atoms with van der Waals surface area (Å²) >= 11 is 0. The molecule has 0 spiro atoms. The Morgan fingerprint density at radius 2 is 2.05 bits per heavy atom. The van der Waals surface area contributed by atoms with Crippen LogP contribution in [0.2, 0.25) is 0 Å². The number of oxazole rings is 1. The SMILES string of the molecule is Cn1nnc2c(=O)n(Cc3ncc(C(C)(C)C)o3)cnc21. The van der Waals surface area contributed by atoms with Crippen LogP contribution in [-0.2, 0) is 19.0 Å². The van der Waals surface area contributed by atoms with Crippen molar-refractivity contribution in [2.45, 2.75) is 32.7 Å². The molecule has 0 aliphatic carbocycles. The van der Waals surface area contributed by atoms with Gasteiger partial charge in [-0.15, -0.1) is 5.10 Å². The van der Waals surface area contributed by atoms with E-state index >= 15 is 0 Å². The first-order valence-electron chi connectivity index (χ1n) is 6.56. The van der Waals surface area contributed by atoms with Crippen molar-refractivity contribution in [2.24, 2.45) is 7.05 Å². The summed E-state index contributed by atoms with van der Waals surface area (Å²) in [5, 5.41) is 7.62. The number of fused-ring (bicyclic) bond motifs is 1. The molecule has 110 valence electrons. The highest BCUT2D eigenvalue weighted by atomic mass is 16.4. The molecule has 0 radical (unpaired) electrons. The zero-order valence-corrected chi connectivity index (χ0v) is 12.4. The van der Waals surface area contributed by atoms with Crippen molar-refractivity contribution in [1.29, 1.82) is 0 Å². The molecule has 0 unspecified atom stereocenters. The van der Waals surface area contributed by atoms with Gasteiger partial charge in [0.25, 0.3) is 5.56 Å². The molecule has 0 saturated carbocycles. The van der Waals surface area contributed by atoms with Gasteiger partial charge in [-0.3, -0.25) is 9.36 Å². The molecule has 3 aromatic heterocycles. The average Bonchev–Trinajstić information content (AvgIpc) is 3.00. The van der Waals surface area contributed by atoms with Crippen molar-refractivity contribution in [2.75, 3.05) is 0 Å². The first kappa shape index (κ1) is 13.5. The molecular formula is C13H16N6O2. The van der Waals surface area contributed by atoms with E-state index in [0.717, 1.165) is 5.76 Å². The highest BCUT2D eigenvalue weighted by molar-refractivity contribution is 5.67. The van der Waals surface area contributed by atoms with Crippen LogP contribution in [0.25, 0.3) is 11.2 Å². The van der Waals surface area contributed by atoms with Crippen molar-refractivity contribution in [3.05, 3.63) is 34.5 Å². The van der Waals surface area contributed by atoms with Gasteiger partial charge in [0.2, 0.25) is 5.89 Å². The van der Waals surface area contributed by atoms with E-state index in [9.17, 15) is 4.79 Å². The van der Waals surface area contributed by atoms with E-state index < -0.39 is 0 Å². The monoisotopic (exact) mass is 288 g/mol. The lowest BCUT2D eigenvalue weighted by molar-refractivity contribution is 0.375. The molecule has 0 saturated heterocycles. The third-order valence-electron chi connectivity index (χ3n) is 3.18. The Morgan fingerprint density at radius 1 is 1.29 bits per heavy atom. The third-order valence-corrected chi connectivity index (χ3v) is 3.18. The maximum absolute atomic E-state index is 12.3. The van der Waals surface area contributed by atoms with E-state index in [4.69, 9.17) is 4.42 Å². The number of hydrogen-bond donors (Lipinski definition) is 0. The Balaban J connectivity index is 1.97. The molecule has 0 fully saturated rings. The molecule has 0 amide bonds. The summed E-state index contributed by atoms with van der Waals surface area (Å²) in [7, 11) is 1.69. The van der Waals surface area contributed by atoms with Crippen molar-refractivity contribution < 1.29 is 4.42 Å². The third kappa shape index (κ3) is 2.32. The second-order valence-corrected chi connectivity index (χ2v) is 5.93. The maximum atomic E-state index is 12.3. The van der Waals surface area contributed by atoms with Gasteiger partial charge in [0.1, 0.15) is 18.6 Å². The van der Waals surface area contributed by atoms with Crippen LogP contribution in [-0.4, -0.2) is 29.5 Å². The first-order chi connectivity index (χ1) is 9.86. The summed E-state index contributed by atoms with van der Waals surface area (Å²) in [5.41, 5.74) is 0.314. The predicted molar refractivity (Wildman–Crippen MR) is 74.9 cm³/mol. The Bertz CT molecular complexity index is 852. The fourth-order valence-corrected chi connectivity index (χ4v) is 1.94. The molecule has 0 aromatic carbocycles. The second kappa shape index (κ2) is 4.51. The van der Waals surface area contributed by atoms with Crippen molar-refractivity contribution >= 4 is 11.2 Å². The van der Waals surface area contributed by atoms with Gasteiger partial charge < -0.3 is 4.42 Å². The smallest absolute Gasteiger partial charge is 0.283 e. The molecule has 0 bridgehead atoms. The number of aryl methyl sites for hydroxylation is 1. The van der Waals surface area contributed by atoms with Crippen molar-refractivity contribution in [3.8, 4) is 0 Å². The molecule has 0 N–H and O–H groups in total. The number of rotatable bonds is 2. The fourth-order valence-electron chi connectivity index (χ4n) is 1.94. The van der Waals surface area contributed by atoms with Crippen LogP contribution in [0.15, 0.2) is 21.7 Å². The van der Waals surface area contributed by atoms with Gasteiger partial charge in [-0.25, -0.2) is 14.6 Å². The highest BCUT2D eigenvalue weighted by Crippen LogP contribution is 2.22. The molecule has 0 aliphatic rings. The standard InChI is InChI=1S/C13H16N6O2/c1-13(2,3)8-5-14-9(21-8)6-19-7-15-11-10(12(19)20)16-17-18(11)4/h5,7H,6H2,1-4H3. The minimum Gasteiger partial charge on any atom is -0.443 e. The van der Waals surface area contributed by atoms with Crippen LogP contribution in [0.4, 0.5) is 0 Å². The Labute approximate surface area is 120 Å². The van der Waals surface area contributed by atoms with Gasteiger partial charge in [0.05, 0.1) is 6.20 Å². The zero-order valence-electron chi connectivity index (χ0n) is 12.4. The molecule has 8 nitrogen and oxygen atoms in total. The normalized spacial score (nSPS) is 12.2. The summed E-state index contributed by atoms with van der Waals surface area (Å²) < 4.78 is 8.56. The molecule has 3 rings (SSSR count). The van der Waals surface area contributed by atoms with E-state index in [1.165, 1.54) is 15.6 Å². The van der Waals surface area contributed by atoms with E-state index in [-0.39, 0.29) is 23.0 Å². The topological polar surface area (TPSA) is 91.6 Å². The van der Waals surface area contributed by atoms with Crippen molar-refractivity contribution in [1.82, 2.24) is 29.5 Å². The van der Waals surface area contributed by atoms with Gasteiger partial charge in [0.15, 0.2) is 11.2 Å². The largest absolute Gasteiger partial charge is 0.443 e. The summed E-state index contributed by atoms with van der Waals surface area (Å²) in [6, 6.07) is 0. The first-order valence-corrected chi connectivity index (χ1v) is 6.56. The second-order valence-electron chi connectivity index (χ2n) is 5.93. The van der Waals surface area contributed by atoms with Crippen molar-refractivity contribution in [3.63, 3.8) is 0 Å². The van der Waals surface area contributed by atoms with Gasteiger partial charge in [-0.05, 0) is 0 Å². The molecule has 21 heavy (non-hydrogen) atoms. The molecule has 0 atom stereocenters. The van der Waals surface area contributed by atoms with E-state index in [1.807, 2.05) is 20.8 Å². The minimum atomic E-state index is -0.261. The van der Waals surface area contributed by atoms with Crippen LogP contribution in [0.3, 0.4) is 0 Å². The maximum Gasteiger partial charge on any atom is 0.283 e. The van der Waals surface area contributed by atoms with Crippen LogP contribution in [0, 0.1) is 0 Å². The van der Waals surface area contributed by atoms with Gasteiger partial charge in [0, 0.05) is 12.5 Å². The predicted octanol–water partition coefficient (Wildman–Crippen LogP) is 0.859. The molecule has 0 aliphatic heterocycles. The highest BCUT2D eigenvalue weighted by Gasteiger charge is 2.19. The summed E-state index contributed by atoms with van der Waals surface area (Å²) in [6.07, 6.45) is 3.14. The Hall–Kier alpha value is -2.51. The number of hydrogen-bond acceptors (Lipinski definition) is 6. The lowest BCUT2D eigenvalue weighted by Gasteiger charge is -2.13. The molecule has 3 aromatic rings. The summed E-state index contributed by atoms with van der Waals surface area (Å²) in [6.45, 7) is 6.33. The fraction of sp³-hybridized carbons (Fsp3) is 0.462. The summed E-state index contributed by atoms with van der Waals surface area (Å²) in [4.78, 5) is 20.7. The number of aromatic nitrogens is 6. The van der Waals surface area contributed by atoms with Crippen LogP contribution < -0.4 is 5.56 Å². The Kier molecular flexibility index (Phi) is 2.89. The summed E-state index contributed by atoms with van der Waals surface area (Å²) in [5.74, 6) is 1.24. The van der Waals surface area contributed by atoms with Gasteiger partial charge >= 0.3 is 0 Å². The Morgan fingerprint density at radius 3 is 2.71 bits per heavy atom. The lowest BCUT2D eigenvalue weighted by atomic mass is 9.94. The minimum absolute atomic E-state index is 0.122. The average molecular weight is 288 g/mol.